The summed E-state index contributed by atoms with van der Waals surface area (Å²) in [6.07, 6.45) is 1.68. The van der Waals surface area contributed by atoms with Crippen LogP contribution in [0.3, 0.4) is 0 Å². The Morgan fingerprint density at radius 3 is 2.62 bits per heavy atom. The summed E-state index contributed by atoms with van der Waals surface area (Å²) in [5.74, 6) is 0.0418. The number of thiocarbonyl (C=S) groups is 1. The number of ether oxygens (including phenoxy) is 1. The molecule has 1 N–H and O–H groups in total. The van der Waals surface area contributed by atoms with Gasteiger partial charge >= 0.3 is 0 Å². The molecular formula is C18H15FN2O2S. The topological polar surface area (TPSA) is 41.6 Å². The highest BCUT2D eigenvalue weighted by atomic mass is 32.1. The second-order valence-corrected chi connectivity index (χ2v) is 5.66. The fourth-order valence-electron chi connectivity index (χ4n) is 2.28. The van der Waals surface area contributed by atoms with Crippen LogP contribution in [0.1, 0.15) is 11.1 Å². The van der Waals surface area contributed by atoms with Crippen molar-refractivity contribution in [3.05, 3.63) is 71.2 Å². The van der Waals surface area contributed by atoms with Crippen molar-refractivity contribution in [3.63, 3.8) is 0 Å². The molecule has 6 heteroatoms. The van der Waals surface area contributed by atoms with E-state index in [2.05, 4.69) is 5.32 Å². The molecule has 122 valence electrons. The van der Waals surface area contributed by atoms with Gasteiger partial charge in [0.15, 0.2) is 5.11 Å². The van der Waals surface area contributed by atoms with Gasteiger partial charge in [-0.3, -0.25) is 9.69 Å². The van der Waals surface area contributed by atoms with Crippen LogP contribution in [0.15, 0.2) is 54.2 Å². The van der Waals surface area contributed by atoms with Crippen LogP contribution in [0, 0.1) is 5.82 Å². The molecule has 1 amide bonds. The Kier molecular flexibility index (Phi) is 4.57. The van der Waals surface area contributed by atoms with E-state index in [-0.39, 0.29) is 18.3 Å². The molecule has 24 heavy (non-hydrogen) atoms. The van der Waals surface area contributed by atoms with Gasteiger partial charge in [0, 0.05) is 18.2 Å². The van der Waals surface area contributed by atoms with Gasteiger partial charge in [-0.25, -0.2) is 4.39 Å². The highest BCUT2D eigenvalue weighted by molar-refractivity contribution is 7.80. The maximum absolute atomic E-state index is 13.7. The maximum Gasteiger partial charge on any atom is 0.276 e. The van der Waals surface area contributed by atoms with Crippen molar-refractivity contribution in [3.8, 4) is 5.75 Å². The fourth-order valence-corrected chi connectivity index (χ4v) is 2.47. The van der Waals surface area contributed by atoms with Crippen molar-refractivity contribution in [1.82, 2.24) is 10.2 Å². The summed E-state index contributed by atoms with van der Waals surface area (Å²) in [5, 5.41) is 3.22. The Morgan fingerprint density at radius 1 is 1.21 bits per heavy atom. The van der Waals surface area contributed by atoms with E-state index in [0.29, 0.717) is 27.7 Å². The van der Waals surface area contributed by atoms with E-state index in [1.165, 1.54) is 11.0 Å². The van der Waals surface area contributed by atoms with Crippen molar-refractivity contribution < 1.29 is 13.9 Å². The van der Waals surface area contributed by atoms with Crippen LogP contribution < -0.4 is 10.1 Å². The van der Waals surface area contributed by atoms with Crippen molar-refractivity contribution in [2.75, 3.05) is 7.05 Å². The van der Waals surface area contributed by atoms with Gasteiger partial charge in [-0.2, -0.15) is 0 Å². The van der Waals surface area contributed by atoms with Gasteiger partial charge in [0.05, 0.1) is 0 Å². The first-order valence-electron chi connectivity index (χ1n) is 7.32. The van der Waals surface area contributed by atoms with Crippen LogP contribution >= 0.6 is 12.2 Å². The summed E-state index contributed by atoms with van der Waals surface area (Å²) in [6, 6.07) is 13.7. The van der Waals surface area contributed by atoms with E-state index >= 15 is 0 Å². The molecule has 3 rings (SSSR count). The summed E-state index contributed by atoms with van der Waals surface area (Å²) in [6.45, 7) is 0.104. The monoisotopic (exact) mass is 342 g/mol. The average molecular weight is 342 g/mol. The Morgan fingerprint density at radius 2 is 1.92 bits per heavy atom. The van der Waals surface area contributed by atoms with Crippen molar-refractivity contribution in [1.29, 1.82) is 0 Å². The predicted octanol–water partition coefficient (Wildman–Crippen LogP) is 3.09. The zero-order valence-electron chi connectivity index (χ0n) is 13.0. The lowest BCUT2D eigenvalue weighted by molar-refractivity contribution is -0.121. The number of amides is 1. The Hall–Kier alpha value is -2.73. The molecule has 1 aliphatic rings. The van der Waals surface area contributed by atoms with Crippen molar-refractivity contribution in [2.45, 2.75) is 6.61 Å². The number of carbonyl (C=O) groups excluding carboxylic acids is 1. The second kappa shape index (κ2) is 6.80. The SMILES string of the molecule is CN1C(=O)/C(=C/c2ccccc2OCc2ccccc2F)NC1=S. The highest BCUT2D eigenvalue weighted by Crippen LogP contribution is 2.23. The van der Waals surface area contributed by atoms with Gasteiger partial charge in [0.1, 0.15) is 23.9 Å². The van der Waals surface area contributed by atoms with Gasteiger partial charge in [0.25, 0.3) is 5.91 Å². The van der Waals surface area contributed by atoms with Gasteiger partial charge in [-0.1, -0.05) is 36.4 Å². The number of para-hydroxylation sites is 1. The normalized spacial score (nSPS) is 15.8. The van der Waals surface area contributed by atoms with Gasteiger partial charge in [0.2, 0.25) is 0 Å². The third-order valence-corrected chi connectivity index (χ3v) is 4.02. The van der Waals surface area contributed by atoms with Crippen LogP contribution in [0.4, 0.5) is 4.39 Å². The molecule has 1 aliphatic heterocycles. The summed E-state index contributed by atoms with van der Waals surface area (Å²) < 4.78 is 19.4. The lowest BCUT2D eigenvalue weighted by Crippen LogP contribution is -2.25. The van der Waals surface area contributed by atoms with E-state index in [9.17, 15) is 9.18 Å². The number of benzene rings is 2. The summed E-state index contributed by atoms with van der Waals surface area (Å²) in [4.78, 5) is 13.4. The minimum Gasteiger partial charge on any atom is -0.488 e. The Labute approximate surface area is 144 Å². The lowest BCUT2D eigenvalue weighted by Gasteiger charge is -2.10. The smallest absolute Gasteiger partial charge is 0.276 e. The average Bonchev–Trinajstić information content (AvgIpc) is 2.82. The first-order chi connectivity index (χ1) is 11.6. The van der Waals surface area contributed by atoms with Crippen LogP contribution in [0.5, 0.6) is 5.75 Å². The van der Waals surface area contributed by atoms with Crippen LogP contribution in [-0.2, 0) is 11.4 Å². The van der Waals surface area contributed by atoms with Crippen LogP contribution in [0.2, 0.25) is 0 Å². The molecule has 1 fully saturated rings. The molecule has 1 heterocycles. The van der Waals surface area contributed by atoms with Gasteiger partial charge in [-0.05, 0) is 30.4 Å². The van der Waals surface area contributed by atoms with Gasteiger partial charge in [-0.15, -0.1) is 0 Å². The molecule has 0 aliphatic carbocycles. The number of carbonyl (C=O) groups is 1. The number of hydrogen-bond donors (Lipinski definition) is 1. The molecule has 2 aromatic carbocycles. The molecule has 0 bridgehead atoms. The molecule has 4 nitrogen and oxygen atoms in total. The van der Waals surface area contributed by atoms with E-state index in [1.807, 2.05) is 18.2 Å². The minimum absolute atomic E-state index is 0.104. The molecule has 0 saturated carbocycles. The summed E-state index contributed by atoms with van der Waals surface area (Å²) >= 11 is 5.05. The fraction of sp³-hybridized carbons (Fsp3) is 0.111. The van der Waals surface area contributed by atoms with Crippen LogP contribution in [-0.4, -0.2) is 23.0 Å². The molecule has 2 aromatic rings. The standard InChI is InChI=1S/C18H15FN2O2S/c1-21-17(22)15(20-18(21)24)10-12-6-3-5-9-16(12)23-11-13-7-2-4-8-14(13)19/h2-10H,11H2,1H3,(H,20,24)/b15-10-. The largest absolute Gasteiger partial charge is 0.488 e. The third-order valence-electron chi connectivity index (χ3n) is 3.64. The van der Waals surface area contributed by atoms with Crippen molar-refractivity contribution in [2.24, 2.45) is 0 Å². The minimum atomic E-state index is -0.312. The number of halogens is 1. The Balaban J connectivity index is 1.83. The Bertz CT molecular complexity index is 835. The molecular weight excluding hydrogens is 327 g/mol. The molecule has 0 atom stereocenters. The highest BCUT2D eigenvalue weighted by Gasteiger charge is 2.27. The molecule has 1 saturated heterocycles. The van der Waals surface area contributed by atoms with Crippen molar-refractivity contribution >= 4 is 29.3 Å². The van der Waals surface area contributed by atoms with E-state index < -0.39 is 0 Å². The first kappa shape index (κ1) is 16.1. The number of hydrogen-bond acceptors (Lipinski definition) is 3. The zero-order chi connectivity index (χ0) is 17.1. The predicted molar refractivity (Wildman–Crippen MR) is 93.7 cm³/mol. The quantitative estimate of drug-likeness (QED) is 0.685. The van der Waals surface area contributed by atoms with E-state index in [4.69, 9.17) is 17.0 Å². The second-order valence-electron chi connectivity index (χ2n) is 5.27. The maximum atomic E-state index is 13.7. The number of rotatable bonds is 4. The summed E-state index contributed by atoms with van der Waals surface area (Å²) in [7, 11) is 1.61. The van der Waals surface area contributed by atoms with E-state index in [0.717, 1.165) is 0 Å². The van der Waals surface area contributed by atoms with Crippen LogP contribution in [0.25, 0.3) is 6.08 Å². The zero-order valence-corrected chi connectivity index (χ0v) is 13.8. The molecule has 0 spiro atoms. The number of nitrogens with one attached hydrogen (secondary N) is 1. The molecule has 0 radical (unpaired) electrons. The molecule has 0 aromatic heterocycles. The van der Waals surface area contributed by atoms with E-state index in [1.54, 1.807) is 37.4 Å². The van der Waals surface area contributed by atoms with Gasteiger partial charge < -0.3 is 10.1 Å². The third kappa shape index (κ3) is 3.28. The first-order valence-corrected chi connectivity index (χ1v) is 7.73. The molecule has 0 unspecified atom stereocenters. The number of likely N-dealkylation sites (N-methyl/N-ethyl adjacent to an activating group) is 1. The number of nitrogens with zero attached hydrogens (tertiary/aromatic N) is 1. The summed E-state index contributed by atoms with van der Waals surface area (Å²) in [5.41, 5.74) is 1.56. The lowest BCUT2D eigenvalue weighted by atomic mass is 10.1.